The summed E-state index contributed by atoms with van der Waals surface area (Å²) in [6.45, 7) is 4.92. The largest absolute Gasteiger partial charge is 0.399 e. The second-order valence-corrected chi connectivity index (χ2v) is 5.95. The van der Waals surface area contributed by atoms with Crippen LogP contribution in [-0.2, 0) is 10.0 Å². The maximum Gasteiger partial charge on any atom is 0.267 e. The molecular weight excluding hydrogens is 266 g/mol. The van der Waals surface area contributed by atoms with Crippen LogP contribution in [0.3, 0.4) is 0 Å². The van der Waals surface area contributed by atoms with Crippen molar-refractivity contribution >= 4 is 21.4 Å². The van der Waals surface area contributed by atoms with Crippen LogP contribution in [0, 0.1) is 20.8 Å². The predicted octanol–water partition coefficient (Wildman–Crippen LogP) is 1.98. The number of aromatic nitrogens is 1. The van der Waals surface area contributed by atoms with Crippen LogP contribution in [0.5, 0.6) is 0 Å². The van der Waals surface area contributed by atoms with Gasteiger partial charge in [-0.3, -0.25) is 4.72 Å². The molecule has 0 aliphatic rings. The van der Waals surface area contributed by atoms with Crippen LogP contribution in [0.1, 0.15) is 17.0 Å². The summed E-state index contributed by atoms with van der Waals surface area (Å²) in [4.78, 5) is 0.0729. The van der Waals surface area contributed by atoms with Crippen molar-refractivity contribution in [2.45, 2.75) is 25.7 Å². The molecular formula is C12H15N3O3S. The molecule has 2 rings (SSSR count). The van der Waals surface area contributed by atoms with Gasteiger partial charge in [0.15, 0.2) is 10.7 Å². The van der Waals surface area contributed by atoms with Gasteiger partial charge < -0.3 is 10.3 Å². The van der Waals surface area contributed by atoms with E-state index in [1.165, 1.54) is 0 Å². The number of hydrogen-bond donors (Lipinski definition) is 2. The molecule has 0 spiro atoms. The minimum Gasteiger partial charge on any atom is -0.399 e. The van der Waals surface area contributed by atoms with Gasteiger partial charge in [-0.05, 0) is 44.5 Å². The SMILES string of the molecule is Cc1cc(N)ccc1NS(=O)(=O)c1c(C)noc1C. The maximum atomic E-state index is 12.3. The fourth-order valence-corrected chi connectivity index (χ4v) is 3.32. The summed E-state index contributed by atoms with van der Waals surface area (Å²) >= 11 is 0. The normalized spacial score (nSPS) is 11.5. The van der Waals surface area contributed by atoms with Gasteiger partial charge in [0.1, 0.15) is 5.69 Å². The van der Waals surface area contributed by atoms with E-state index in [9.17, 15) is 8.42 Å². The lowest BCUT2D eigenvalue weighted by Crippen LogP contribution is -2.15. The minimum atomic E-state index is -3.71. The molecule has 0 saturated carbocycles. The first-order valence-corrected chi connectivity index (χ1v) is 7.11. The number of hydrogen-bond acceptors (Lipinski definition) is 5. The quantitative estimate of drug-likeness (QED) is 0.838. The summed E-state index contributed by atoms with van der Waals surface area (Å²) in [6.07, 6.45) is 0. The zero-order valence-electron chi connectivity index (χ0n) is 10.9. The van der Waals surface area contributed by atoms with Crippen molar-refractivity contribution in [3.05, 3.63) is 35.2 Å². The Morgan fingerprint density at radius 3 is 2.47 bits per heavy atom. The van der Waals surface area contributed by atoms with Crippen molar-refractivity contribution in [1.29, 1.82) is 0 Å². The molecule has 0 unspecified atom stereocenters. The zero-order chi connectivity index (χ0) is 14.2. The van der Waals surface area contributed by atoms with Crippen LogP contribution in [0.2, 0.25) is 0 Å². The average molecular weight is 281 g/mol. The van der Waals surface area contributed by atoms with Gasteiger partial charge in [-0.15, -0.1) is 0 Å². The second kappa shape index (κ2) is 4.58. The van der Waals surface area contributed by atoms with Crippen molar-refractivity contribution in [3.8, 4) is 0 Å². The molecule has 1 aromatic heterocycles. The number of nitrogen functional groups attached to an aromatic ring is 1. The average Bonchev–Trinajstić information content (AvgIpc) is 2.63. The third-order valence-electron chi connectivity index (χ3n) is 2.73. The number of nitrogens with one attached hydrogen (secondary N) is 1. The smallest absolute Gasteiger partial charge is 0.267 e. The number of sulfonamides is 1. The van der Waals surface area contributed by atoms with Crippen molar-refractivity contribution < 1.29 is 12.9 Å². The molecule has 0 saturated heterocycles. The molecule has 1 heterocycles. The van der Waals surface area contributed by atoms with E-state index < -0.39 is 10.0 Å². The Morgan fingerprint density at radius 2 is 1.95 bits per heavy atom. The number of rotatable bonds is 3. The molecule has 0 atom stereocenters. The number of nitrogens with zero attached hydrogens (tertiary/aromatic N) is 1. The number of benzene rings is 1. The highest BCUT2D eigenvalue weighted by Crippen LogP contribution is 2.25. The first-order valence-electron chi connectivity index (χ1n) is 5.63. The van der Waals surface area contributed by atoms with Crippen molar-refractivity contribution in [2.75, 3.05) is 10.5 Å². The predicted molar refractivity (Wildman–Crippen MR) is 72.4 cm³/mol. The first kappa shape index (κ1) is 13.4. The number of nitrogens with two attached hydrogens (primary N) is 1. The fourth-order valence-electron chi connectivity index (χ4n) is 1.86. The molecule has 19 heavy (non-hydrogen) atoms. The van der Waals surface area contributed by atoms with Crippen molar-refractivity contribution in [2.24, 2.45) is 0 Å². The lowest BCUT2D eigenvalue weighted by Gasteiger charge is -2.10. The summed E-state index contributed by atoms with van der Waals surface area (Å²) in [6, 6.07) is 4.96. The Bertz CT molecular complexity index is 700. The molecule has 2 aromatic rings. The van der Waals surface area contributed by atoms with Crippen molar-refractivity contribution in [3.63, 3.8) is 0 Å². The number of anilines is 2. The first-order chi connectivity index (χ1) is 8.81. The Hall–Kier alpha value is -2.02. The van der Waals surface area contributed by atoms with Gasteiger partial charge in [0.05, 0.1) is 5.69 Å². The van der Waals surface area contributed by atoms with Crippen molar-refractivity contribution in [1.82, 2.24) is 5.16 Å². The van der Waals surface area contributed by atoms with Gasteiger partial charge in [0.2, 0.25) is 0 Å². The van der Waals surface area contributed by atoms with E-state index in [2.05, 4.69) is 9.88 Å². The van der Waals surface area contributed by atoms with Crippen LogP contribution in [0.4, 0.5) is 11.4 Å². The topological polar surface area (TPSA) is 98.2 Å². The lowest BCUT2D eigenvalue weighted by atomic mass is 10.2. The summed E-state index contributed by atoms with van der Waals surface area (Å²) in [5.41, 5.74) is 7.77. The van der Waals surface area contributed by atoms with E-state index in [4.69, 9.17) is 10.3 Å². The third-order valence-corrected chi connectivity index (χ3v) is 4.34. The molecule has 0 aliphatic heterocycles. The highest BCUT2D eigenvalue weighted by atomic mass is 32.2. The highest BCUT2D eigenvalue weighted by Gasteiger charge is 2.24. The van der Waals surface area contributed by atoms with Gasteiger partial charge in [0.25, 0.3) is 10.0 Å². The molecule has 0 radical (unpaired) electrons. The van der Waals surface area contributed by atoms with Crippen LogP contribution in [0.25, 0.3) is 0 Å². The minimum absolute atomic E-state index is 0.0729. The molecule has 0 fully saturated rings. The summed E-state index contributed by atoms with van der Waals surface area (Å²) < 4.78 is 32.0. The molecule has 3 N–H and O–H groups in total. The second-order valence-electron chi connectivity index (χ2n) is 4.33. The summed E-state index contributed by atoms with van der Waals surface area (Å²) in [5.74, 6) is 0.262. The molecule has 0 bridgehead atoms. The van der Waals surface area contributed by atoms with Gasteiger partial charge in [-0.2, -0.15) is 0 Å². The molecule has 0 aliphatic carbocycles. The fraction of sp³-hybridized carbons (Fsp3) is 0.250. The van der Waals surface area contributed by atoms with Crippen LogP contribution < -0.4 is 10.5 Å². The zero-order valence-corrected chi connectivity index (χ0v) is 11.7. The van der Waals surface area contributed by atoms with Gasteiger partial charge in [0, 0.05) is 5.69 Å². The van der Waals surface area contributed by atoms with E-state index in [0.717, 1.165) is 5.56 Å². The Balaban J connectivity index is 2.42. The molecule has 102 valence electrons. The van der Waals surface area contributed by atoms with Gasteiger partial charge in [-0.25, -0.2) is 8.42 Å². The number of aryl methyl sites for hydroxylation is 3. The summed E-state index contributed by atoms with van der Waals surface area (Å²) in [7, 11) is -3.71. The van der Waals surface area contributed by atoms with Gasteiger partial charge >= 0.3 is 0 Å². The third kappa shape index (κ3) is 2.55. The van der Waals surface area contributed by atoms with E-state index in [-0.39, 0.29) is 10.7 Å². The van der Waals surface area contributed by atoms with E-state index in [0.29, 0.717) is 17.1 Å². The van der Waals surface area contributed by atoms with E-state index >= 15 is 0 Å². The van der Waals surface area contributed by atoms with Crippen LogP contribution in [0.15, 0.2) is 27.6 Å². The molecule has 7 heteroatoms. The molecule has 1 aromatic carbocycles. The Morgan fingerprint density at radius 1 is 1.26 bits per heavy atom. The Kier molecular flexibility index (Phi) is 3.23. The monoisotopic (exact) mass is 281 g/mol. The summed E-state index contributed by atoms with van der Waals surface area (Å²) in [5, 5.41) is 3.65. The Labute approximate surface area is 111 Å². The lowest BCUT2D eigenvalue weighted by molar-refractivity contribution is 0.390. The maximum absolute atomic E-state index is 12.3. The highest BCUT2D eigenvalue weighted by molar-refractivity contribution is 7.92. The van der Waals surface area contributed by atoms with E-state index in [1.807, 2.05) is 0 Å². The standard InChI is InChI=1S/C12H15N3O3S/c1-7-6-10(13)4-5-11(7)15-19(16,17)12-8(2)14-18-9(12)3/h4-6,15H,13H2,1-3H3. The van der Waals surface area contributed by atoms with Crippen LogP contribution in [-0.4, -0.2) is 13.6 Å². The van der Waals surface area contributed by atoms with Gasteiger partial charge in [-0.1, -0.05) is 5.16 Å². The molecule has 0 amide bonds. The van der Waals surface area contributed by atoms with Crippen LogP contribution >= 0.6 is 0 Å². The molecule has 6 nitrogen and oxygen atoms in total. The van der Waals surface area contributed by atoms with E-state index in [1.54, 1.807) is 39.0 Å².